The van der Waals surface area contributed by atoms with Gasteiger partial charge in [0.05, 0.1) is 11.2 Å². The molecule has 0 aliphatic carbocycles. The van der Waals surface area contributed by atoms with Gasteiger partial charge in [0.2, 0.25) is 11.8 Å². The Kier molecular flexibility index (Phi) is 4.52. The van der Waals surface area contributed by atoms with E-state index in [9.17, 15) is 9.59 Å². The highest BCUT2D eigenvalue weighted by atomic mass is 32.1. The van der Waals surface area contributed by atoms with Gasteiger partial charge >= 0.3 is 0 Å². The van der Waals surface area contributed by atoms with Gasteiger partial charge in [-0.25, -0.2) is 4.98 Å². The fraction of sp³-hybridized carbons (Fsp3) is 0.615. The molecule has 5 nitrogen and oxygen atoms in total. The fourth-order valence-electron chi connectivity index (χ4n) is 2.27. The number of nitrogens with one attached hydrogen (secondary N) is 1. The largest absolute Gasteiger partial charge is 0.343 e. The van der Waals surface area contributed by atoms with Crippen molar-refractivity contribution in [1.82, 2.24) is 15.2 Å². The van der Waals surface area contributed by atoms with Crippen LogP contribution in [0, 0.1) is 0 Å². The van der Waals surface area contributed by atoms with Crippen LogP contribution >= 0.6 is 11.3 Å². The van der Waals surface area contributed by atoms with E-state index in [-0.39, 0.29) is 23.9 Å². The summed E-state index contributed by atoms with van der Waals surface area (Å²) in [6, 6.07) is -0.747. The molecule has 2 unspecified atom stereocenters. The summed E-state index contributed by atoms with van der Waals surface area (Å²) in [5.41, 5.74) is 2.76. The summed E-state index contributed by atoms with van der Waals surface area (Å²) in [7, 11) is 0. The first-order valence-electron chi connectivity index (χ1n) is 6.61. The van der Waals surface area contributed by atoms with Crippen molar-refractivity contribution >= 4 is 23.2 Å². The number of hydrogen-bond donors (Lipinski definition) is 1. The summed E-state index contributed by atoms with van der Waals surface area (Å²) >= 11 is 1.54. The van der Waals surface area contributed by atoms with Crippen LogP contribution in [0.25, 0.3) is 0 Å². The molecule has 0 aromatic carbocycles. The standard InChI is InChI=1S/C13H19N3O2S/c1-3-4-11-13(18)16(9(2)12(17)15-11)6-5-10-7-19-8-14-10/h7-9,11H,3-6H2,1-2H3,(H,15,17). The first-order valence-corrected chi connectivity index (χ1v) is 7.55. The van der Waals surface area contributed by atoms with Crippen LogP contribution in [0.3, 0.4) is 0 Å². The third kappa shape index (κ3) is 3.12. The average molecular weight is 281 g/mol. The quantitative estimate of drug-likeness (QED) is 0.882. The van der Waals surface area contributed by atoms with E-state index in [1.54, 1.807) is 28.7 Å². The summed E-state index contributed by atoms with van der Waals surface area (Å²) < 4.78 is 0. The lowest BCUT2D eigenvalue weighted by Gasteiger charge is -2.37. The van der Waals surface area contributed by atoms with E-state index < -0.39 is 0 Å². The zero-order chi connectivity index (χ0) is 13.8. The second-order valence-electron chi connectivity index (χ2n) is 4.79. The van der Waals surface area contributed by atoms with Gasteiger partial charge in [0.25, 0.3) is 0 Å². The number of nitrogens with zero attached hydrogens (tertiary/aromatic N) is 2. The Balaban J connectivity index is 2.02. The van der Waals surface area contributed by atoms with Gasteiger partial charge in [-0.15, -0.1) is 11.3 Å². The number of rotatable bonds is 5. The van der Waals surface area contributed by atoms with Crippen molar-refractivity contribution in [1.29, 1.82) is 0 Å². The van der Waals surface area contributed by atoms with Gasteiger partial charge < -0.3 is 10.2 Å². The van der Waals surface area contributed by atoms with Gasteiger partial charge in [0.1, 0.15) is 12.1 Å². The van der Waals surface area contributed by atoms with E-state index in [0.717, 1.165) is 12.1 Å². The maximum atomic E-state index is 12.3. The number of thiazole rings is 1. The number of carbonyl (C=O) groups excluding carboxylic acids is 2. The van der Waals surface area contributed by atoms with Crippen LogP contribution in [0.5, 0.6) is 0 Å². The second-order valence-corrected chi connectivity index (χ2v) is 5.51. The predicted molar refractivity (Wildman–Crippen MR) is 73.8 cm³/mol. The SMILES string of the molecule is CCCC1NC(=O)C(C)N(CCc2cscn2)C1=O. The van der Waals surface area contributed by atoms with Crippen LogP contribution in [0.1, 0.15) is 32.4 Å². The molecule has 104 valence electrons. The molecule has 0 spiro atoms. The van der Waals surface area contributed by atoms with Gasteiger partial charge in [0, 0.05) is 18.3 Å². The van der Waals surface area contributed by atoms with Crippen molar-refractivity contribution in [3.8, 4) is 0 Å². The van der Waals surface area contributed by atoms with Crippen LogP contribution in [0.2, 0.25) is 0 Å². The molecule has 1 saturated heterocycles. The third-order valence-electron chi connectivity index (χ3n) is 3.41. The molecule has 2 atom stereocenters. The summed E-state index contributed by atoms with van der Waals surface area (Å²) in [5, 5.41) is 4.77. The van der Waals surface area contributed by atoms with Crippen LogP contribution in [0.15, 0.2) is 10.9 Å². The molecule has 1 fully saturated rings. The molecule has 1 aromatic rings. The summed E-state index contributed by atoms with van der Waals surface area (Å²) in [4.78, 5) is 30.1. The van der Waals surface area contributed by atoms with Crippen molar-refractivity contribution in [3.63, 3.8) is 0 Å². The first-order chi connectivity index (χ1) is 9.13. The van der Waals surface area contributed by atoms with E-state index in [1.807, 2.05) is 12.3 Å². The topological polar surface area (TPSA) is 62.3 Å². The molecule has 2 rings (SSSR count). The lowest BCUT2D eigenvalue weighted by Crippen LogP contribution is -2.62. The van der Waals surface area contributed by atoms with Crippen LogP contribution < -0.4 is 5.32 Å². The minimum atomic E-state index is -0.390. The summed E-state index contributed by atoms with van der Waals surface area (Å²) in [5.74, 6) is -0.0273. The molecule has 1 aliphatic rings. The van der Waals surface area contributed by atoms with E-state index in [4.69, 9.17) is 0 Å². The van der Waals surface area contributed by atoms with Crippen LogP contribution in [0.4, 0.5) is 0 Å². The highest BCUT2D eigenvalue weighted by Crippen LogP contribution is 2.14. The molecule has 0 bridgehead atoms. The Morgan fingerprint density at radius 1 is 1.47 bits per heavy atom. The lowest BCUT2D eigenvalue weighted by atomic mass is 10.0. The van der Waals surface area contributed by atoms with Crippen molar-refractivity contribution < 1.29 is 9.59 Å². The maximum absolute atomic E-state index is 12.3. The first kappa shape index (κ1) is 14.0. The smallest absolute Gasteiger partial charge is 0.245 e. The monoisotopic (exact) mass is 281 g/mol. The number of hydrogen-bond acceptors (Lipinski definition) is 4. The van der Waals surface area contributed by atoms with Gasteiger partial charge in [-0.2, -0.15) is 0 Å². The second kappa shape index (κ2) is 6.14. The van der Waals surface area contributed by atoms with Gasteiger partial charge in [-0.1, -0.05) is 13.3 Å². The average Bonchev–Trinajstić information content (AvgIpc) is 2.89. The summed E-state index contributed by atoms with van der Waals surface area (Å²) in [6.07, 6.45) is 2.28. The molecule has 1 aromatic heterocycles. The number of amides is 2. The van der Waals surface area contributed by atoms with E-state index in [1.165, 1.54) is 0 Å². The van der Waals surface area contributed by atoms with Crippen LogP contribution in [-0.2, 0) is 16.0 Å². The zero-order valence-electron chi connectivity index (χ0n) is 11.3. The van der Waals surface area contributed by atoms with Gasteiger partial charge in [0.15, 0.2) is 0 Å². The zero-order valence-corrected chi connectivity index (χ0v) is 12.1. The Morgan fingerprint density at radius 3 is 2.89 bits per heavy atom. The molecule has 2 amide bonds. The Bertz CT molecular complexity index is 447. The molecule has 0 saturated carbocycles. The van der Waals surface area contributed by atoms with Crippen molar-refractivity contribution in [2.75, 3.05) is 6.54 Å². The normalized spacial score (nSPS) is 23.6. The van der Waals surface area contributed by atoms with Crippen molar-refractivity contribution in [2.24, 2.45) is 0 Å². The number of piperazine rings is 1. The highest BCUT2D eigenvalue weighted by molar-refractivity contribution is 7.07. The Labute approximate surface area is 117 Å². The third-order valence-corrected chi connectivity index (χ3v) is 4.05. The molecular formula is C13H19N3O2S. The number of carbonyl (C=O) groups is 2. The van der Waals surface area contributed by atoms with Crippen molar-refractivity contribution in [2.45, 2.75) is 45.2 Å². The molecule has 0 radical (unpaired) electrons. The minimum Gasteiger partial charge on any atom is -0.343 e. The lowest BCUT2D eigenvalue weighted by molar-refractivity contribution is -0.148. The van der Waals surface area contributed by atoms with Gasteiger partial charge in [-0.3, -0.25) is 9.59 Å². The molecular weight excluding hydrogens is 262 g/mol. The molecule has 1 N–H and O–H groups in total. The molecule has 2 heterocycles. The van der Waals surface area contributed by atoms with E-state index >= 15 is 0 Å². The summed E-state index contributed by atoms with van der Waals surface area (Å²) in [6.45, 7) is 4.34. The minimum absolute atomic E-state index is 0.0316. The van der Waals surface area contributed by atoms with E-state index in [2.05, 4.69) is 10.3 Å². The Morgan fingerprint density at radius 2 is 2.26 bits per heavy atom. The maximum Gasteiger partial charge on any atom is 0.245 e. The molecule has 19 heavy (non-hydrogen) atoms. The molecule has 6 heteroatoms. The fourth-order valence-corrected chi connectivity index (χ4v) is 2.86. The Hall–Kier alpha value is -1.43. The number of aromatic nitrogens is 1. The highest BCUT2D eigenvalue weighted by Gasteiger charge is 2.37. The van der Waals surface area contributed by atoms with Gasteiger partial charge in [-0.05, 0) is 13.3 Å². The molecule has 1 aliphatic heterocycles. The van der Waals surface area contributed by atoms with Crippen LogP contribution in [-0.4, -0.2) is 40.3 Å². The predicted octanol–water partition coefficient (Wildman–Crippen LogP) is 1.20. The van der Waals surface area contributed by atoms with E-state index in [0.29, 0.717) is 19.4 Å². The van der Waals surface area contributed by atoms with Crippen molar-refractivity contribution in [3.05, 3.63) is 16.6 Å².